The van der Waals surface area contributed by atoms with Crippen molar-refractivity contribution in [2.75, 3.05) is 7.11 Å². The summed E-state index contributed by atoms with van der Waals surface area (Å²) in [5.41, 5.74) is 1.04. The van der Waals surface area contributed by atoms with Gasteiger partial charge in [-0.25, -0.2) is 0 Å². The minimum absolute atomic E-state index is 0.759. The van der Waals surface area contributed by atoms with Crippen molar-refractivity contribution in [3.05, 3.63) is 34.4 Å². The van der Waals surface area contributed by atoms with Gasteiger partial charge in [0.15, 0.2) is 0 Å². The zero-order valence-electron chi connectivity index (χ0n) is 8.45. The third kappa shape index (κ3) is 2.13. The fourth-order valence-electron chi connectivity index (χ4n) is 1.27. The van der Waals surface area contributed by atoms with Crippen LogP contribution in [0.15, 0.2) is 24.5 Å². The molecule has 2 heterocycles. The average Bonchev–Trinajstić information content (AvgIpc) is 2.59. The standard InChI is InChI=1S/C11H10ClNOS/c1-7-10(12)4-11(15-7)8-3-9(14-2)6-13-5-8/h3-6H,1-2H3. The van der Waals surface area contributed by atoms with Crippen molar-refractivity contribution in [3.8, 4) is 16.2 Å². The lowest BCUT2D eigenvalue weighted by molar-refractivity contribution is 0.413. The highest BCUT2D eigenvalue weighted by atomic mass is 35.5. The summed E-state index contributed by atoms with van der Waals surface area (Å²) in [5, 5.41) is 0.804. The maximum Gasteiger partial charge on any atom is 0.137 e. The van der Waals surface area contributed by atoms with Crippen molar-refractivity contribution in [2.45, 2.75) is 6.92 Å². The Hall–Kier alpha value is -1.06. The molecule has 0 unspecified atom stereocenters. The van der Waals surface area contributed by atoms with Crippen molar-refractivity contribution in [3.63, 3.8) is 0 Å². The van der Waals surface area contributed by atoms with E-state index in [1.54, 1.807) is 24.6 Å². The predicted octanol–water partition coefficient (Wildman–Crippen LogP) is 3.78. The molecule has 0 N–H and O–H groups in total. The number of hydrogen-bond acceptors (Lipinski definition) is 3. The van der Waals surface area contributed by atoms with Crippen molar-refractivity contribution in [2.24, 2.45) is 0 Å². The molecule has 0 aliphatic rings. The highest BCUT2D eigenvalue weighted by Crippen LogP contribution is 2.34. The largest absolute Gasteiger partial charge is 0.495 e. The normalized spacial score (nSPS) is 10.3. The van der Waals surface area contributed by atoms with Gasteiger partial charge in [0.05, 0.1) is 18.3 Å². The number of halogens is 1. The summed E-state index contributed by atoms with van der Waals surface area (Å²) in [6.45, 7) is 2.00. The minimum atomic E-state index is 0.759. The first kappa shape index (κ1) is 10.5. The van der Waals surface area contributed by atoms with Crippen LogP contribution in [0.4, 0.5) is 0 Å². The molecule has 0 amide bonds. The van der Waals surface area contributed by atoms with E-state index in [9.17, 15) is 0 Å². The molecule has 0 fully saturated rings. The van der Waals surface area contributed by atoms with E-state index < -0.39 is 0 Å². The number of thiophene rings is 1. The van der Waals surface area contributed by atoms with Crippen molar-refractivity contribution < 1.29 is 4.74 Å². The number of pyridine rings is 1. The van der Waals surface area contributed by atoms with Crippen LogP contribution in [0.1, 0.15) is 4.88 Å². The average molecular weight is 240 g/mol. The van der Waals surface area contributed by atoms with Gasteiger partial charge in [-0.05, 0) is 19.1 Å². The van der Waals surface area contributed by atoms with Gasteiger partial charge >= 0.3 is 0 Å². The minimum Gasteiger partial charge on any atom is -0.495 e. The van der Waals surface area contributed by atoms with Crippen LogP contribution in [-0.2, 0) is 0 Å². The number of aryl methyl sites for hydroxylation is 1. The second-order valence-corrected chi connectivity index (χ2v) is 4.79. The zero-order chi connectivity index (χ0) is 10.8. The molecule has 0 saturated heterocycles. The summed E-state index contributed by atoms with van der Waals surface area (Å²) >= 11 is 7.67. The van der Waals surface area contributed by atoms with Gasteiger partial charge in [0.1, 0.15) is 5.75 Å². The molecule has 0 bridgehead atoms. The van der Waals surface area contributed by atoms with Gasteiger partial charge in [-0.2, -0.15) is 0 Å². The Labute approximate surface area is 97.5 Å². The van der Waals surface area contributed by atoms with E-state index in [-0.39, 0.29) is 0 Å². The Morgan fingerprint density at radius 1 is 1.33 bits per heavy atom. The molecular formula is C11H10ClNOS. The highest BCUT2D eigenvalue weighted by molar-refractivity contribution is 7.16. The molecule has 2 aromatic rings. The topological polar surface area (TPSA) is 22.1 Å². The van der Waals surface area contributed by atoms with E-state index in [1.807, 2.05) is 25.3 Å². The van der Waals surface area contributed by atoms with Crippen LogP contribution in [0.3, 0.4) is 0 Å². The molecule has 0 radical (unpaired) electrons. The Kier molecular flexibility index (Phi) is 2.93. The van der Waals surface area contributed by atoms with E-state index in [4.69, 9.17) is 16.3 Å². The van der Waals surface area contributed by atoms with Crippen LogP contribution in [0.5, 0.6) is 5.75 Å². The first-order valence-electron chi connectivity index (χ1n) is 4.46. The number of methoxy groups -OCH3 is 1. The molecule has 0 saturated carbocycles. The molecule has 15 heavy (non-hydrogen) atoms. The van der Waals surface area contributed by atoms with E-state index in [0.29, 0.717) is 0 Å². The van der Waals surface area contributed by atoms with Crippen LogP contribution in [0.25, 0.3) is 10.4 Å². The smallest absolute Gasteiger partial charge is 0.137 e. The van der Waals surface area contributed by atoms with Crippen LogP contribution in [-0.4, -0.2) is 12.1 Å². The lowest BCUT2D eigenvalue weighted by Gasteiger charge is -2.00. The van der Waals surface area contributed by atoms with Crippen LogP contribution >= 0.6 is 22.9 Å². The van der Waals surface area contributed by atoms with Gasteiger partial charge in [0.2, 0.25) is 0 Å². The first-order valence-corrected chi connectivity index (χ1v) is 5.65. The first-order chi connectivity index (χ1) is 7.20. The summed E-state index contributed by atoms with van der Waals surface area (Å²) in [6.07, 6.45) is 3.50. The molecule has 2 aromatic heterocycles. The van der Waals surface area contributed by atoms with Crippen molar-refractivity contribution in [1.29, 1.82) is 0 Å². The number of ether oxygens (including phenoxy) is 1. The molecule has 2 nitrogen and oxygen atoms in total. The second kappa shape index (κ2) is 4.21. The van der Waals surface area contributed by atoms with Gasteiger partial charge in [0, 0.05) is 21.5 Å². The molecule has 0 aromatic carbocycles. The summed E-state index contributed by atoms with van der Waals surface area (Å²) < 4.78 is 5.12. The van der Waals surface area contributed by atoms with Crippen LogP contribution in [0.2, 0.25) is 5.02 Å². The summed E-state index contributed by atoms with van der Waals surface area (Å²) in [7, 11) is 1.63. The van der Waals surface area contributed by atoms with E-state index >= 15 is 0 Å². The lowest BCUT2D eigenvalue weighted by Crippen LogP contribution is -1.84. The maximum atomic E-state index is 6.01. The summed E-state index contributed by atoms with van der Waals surface area (Å²) in [5.74, 6) is 0.759. The van der Waals surface area contributed by atoms with Crippen molar-refractivity contribution >= 4 is 22.9 Å². The van der Waals surface area contributed by atoms with Crippen LogP contribution < -0.4 is 4.74 Å². The number of aromatic nitrogens is 1. The van der Waals surface area contributed by atoms with Gasteiger partial charge < -0.3 is 4.74 Å². The Morgan fingerprint density at radius 3 is 2.73 bits per heavy atom. The number of rotatable bonds is 2. The monoisotopic (exact) mass is 239 g/mol. The molecule has 0 aliphatic heterocycles. The molecule has 0 atom stereocenters. The molecule has 2 rings (SSSR count). The quantitative estimate of drug-likeness (QED) is 0.796. The third-order valence-corrected chi connectivity index (χ3v) is 3.69. The third-order valence-electron chi connectivity index (χ3n) is 2.09. The fraction of sp³-hybridized carbons (Fsp3) is 0.182. The molecule has 4 heteroatoms. The van der Waals surface area contributed by atoms with E-state index in [0.717, 1.165) is 26.1 Å². The van der Waals surface area contributed by atoms with E-state index in [1.165, 1.54) is 0 Å². The summed E-state index contributed by atoms with van der Waals surface area (Å²) in [6, 6.07) is 3.91. The Morgan fingerprint density at radius 2 is 2.13 bits per heavy atom. The highest BCUT2D eigenvalue weighted by Gasteiger charge is 2.06. The molecule has 0 spiro atoms. The Bertz CT molecular complexity index is 462. The zero-order valence-corrected chi connectivity index (χ0v) is 10.0. The molecular weight excluding hydrogens is 230 g/mol. The molecule has 0 aliphatic carbocycles. The van der Waals surface area contributed by atoms with E-state index in [2.05, 4.69) is 4.98 Å². The van der Waals surface area contributed by atoms with Gasteiger partial charge in [0.25, 0.3) is 0 Å². The number of nitrogens with zero attached hydrogens (tertiary/aromatic N) is 1. The SMILES string of the molecule is COc1cncc(-c2cc(Cl)c(C)s2)c1. The van der Waals surface area contributed by atoms with Crippen LogP contribution in [0, 0.1) is 6.92 Å². The van der Waals surface area contributed by atoms with Gasteiger partial charge in [-0.15, -0.1) is 11.3 Å². The Balaban J connectivity index is 2.44. The van der Waals surface area contributed by atoms with Gasteiger partial charge in [-0.3, -0.25) is 4.98 Å². The van der Waals surface area contributed by atoms with Crippen molar-refractivity contribution in [1.82, 2.24) is 4.98 Å². The predicted molar refractivity (Wildman–Crippen MR) is 63.8 cm³/mol. The molecule has 78 valence electrons. The second-order valence-electron chi connectivity index (χ2n) is 3.13. The number of hydrogen-bond donors (Lipinski definition) is 0. The lowest BCUT2D eigenvalue weighted by atomic mass is 10.2. The maximum absolute atomic E-state index is 6.01. The fourth-order valence-corrected chi connectivity index (χ4v) is 2.45. The summed E-state index contributed by atoms with van der Waals surface area (Å²) in [4.78, 5) is 6.34. The van der Waals surface area contributed by atoms with Gasteiger partial charge in [-0.1, -0.05) is 11.6 Å².